The van der Waals surface area contributed by atoms with Gasteiger partial charge in [0.2, 0.25) is 0 Å². The molecule has 0 bridgehead atoms. The lowest BCUT2D eigenvalue weighted by Gasteiger charge is -2.45. The van der Waals surface area contributed by atoms with Crippen LogP contribution in [0.1, 0.15) is 45.2 Å². The van der Waals surface area contributed by atoms with E-state index in [4.69, 9.17) is 0 Å². The fourth-order valence-electron chi connectivity index (χ4n) is 2.48. The molecule has 1 aliphatic carbocycles. The summed E-state index contributed by atoms with van der Waals surface area (Å²) in [6, 6.07) is 0. The molecule has 1 aromatic rings. The van der Waals surface area contributed by atoms with Gasteiger partial charge in [-0.25, -0.2) is 0 Å². The van der Waals surface area contributed by atoms with Crippen molar-refractivity contribution in [3.05, 3.63) is 24.3 Å². The predicted octanol–water partition coefficient (Wildman–Crippen LogP) is 2.26. The molecule has 0 aliphatic heterocycles. The van der Waals surface area contributed by atoms with Crippen molar-refractivity contribution in [2.45, 2.75) is 45.1 Å². The summed E-state index contributed by atoms with van der Waals surface area (Å²) in [5, 5.41) is 10.8. The third kappa shape index (κ3) is 1.65. The standard InChI is InChI=1S/C12H18N2O/c1-11(2)5-3-4-6-12(11,15)10-9-13-7-8-14-10/h7-9,15H,3-6H2,1-2H3. The average Bonchev–Trinajstić information content (AvgIpc) is 2.24. The van der Waals surface area contributed by atoms with Gasteiger partial charge in [0.05, 0.1) is 11.9 Å². The van der Waals surface area contributed by atoms with Crippen molar-refractivity contribution in [2.24, 2.45) is 5.41 Å². The Morgan fingerprint density at radius 1 is 1.20 bits per heavy atom. The normalized spacial score (nSPS) is 30.1. The minimum absolute atomic E-state index is 0.110. The number of rotatable bonds is 1. The summed E-state index contributed by atoms with van der Waals surface area (Å²) >= 11 is 0. The van der Waals surface area contributed by atoms with Gasteiger partial charge in [0.1, 0.15) is 5.60 Å². The molecule has 3 heteroatoms. The van der Waals surface area contributed by atoms with Crippen LogP contribution in [0.2, 0.25) is 0 Å². The van der Waals surface area contributed by atoms with E-state index in [0.717, 1.165) is 25.0 Å². The van der Waals surface area contributed by atoms with Crippen LogP contribution in [0.25, 0.3) is 0 Å². The zero-order valence-electron chi connectivity index (χ0n) is 9.40. The molecule has 3 nitrogen and oxygen atoms in total. The lowest BCUT2D eigenvalue weighted by molar-refractivity contribution is -0.107. The van der Waals surface area contributed by atoms with Crippen LogP contribution in [0.3, 0.4) is 0 Å². The number of hydrogen-bond acceptors (Lipinski definition) is 3. The quantitative estimate of drug-likeness (QED) is 0.766. The van der Waals surface area contributed by atoms with Gasteiger partial charge in [-0.1, -0.05) is 26.7 Å². The highest BCUT2D eigenvalue weighted by atomic mass is 16.3. The Kier molecular flexibility index (Phi) is 2.51. The van der Waals surface area contributed by atoms with Crippen molar-refractivity contribution in [1.29, 1.82) is 0 Å². The van der Waals surface area contributed by atoms with E-state index < -0.39 is 5.60 Å². The van der Waals surface area contributed by atoms with Gasteiger partial charge in [0.25, 0.3) is 0 Å². The maximum Gasteiger partial charge on any atom is 0.113 e. The molecule has 1 N–H and O–H groups in total. The Morgan fingerprint density at radius 2 is 1.93 bits per heavy atom. The molecular weight excluding hydrogens is 188 g/mol. The zero-order valence-corrected chi connectivity index (χ0v) is 9.40. The van der Waals surface area contributed by atoms with Gasteiger partial charge in [0.15, 0.2) is 0 Å². The molecule has 0 amide bonds. The highest BCUT2D eigenvalue weighted by Crippen LogP contribution is 2.49. The third-order valence-electron chi connectivity index (χ3n) is 3.70. The number of aliphatic hydroxyl groups is 1. The molecule has 1 saturated carbocycles. The van der Waals surface area contributed by atoms with Gasteiger partial charge in [0, 0.05) is 12.4 Å². The van der Waals surface area contributed by atoms with Crippen molar-refractivity contribution >= 4 is 0 Å². The Morgan fingerprint density at radius 3 is 2.53 bits per heavy atom. The second-order valence-electron chi connectivity index (χ2n) is 5.04. The molecule has 1 unspecified atom stereocenters. The topological polar surface area (TPSA) is 46.0 Å². The highest BCUT2D eigenvalue weighted by molar-refractivity contribution is 5.14. The molecule has 1 aromatic heterocycles. The molecule has 0 radical (unpaired) electrons. The minimum Gasteiger partial charge on any atom is -0.383 e. The second-order valence-corrected chi connectivity index (χ2v) is 5.04. The zero-order chi connectivity index (χ0) is 10.9. The fourth-order valence-corrected chi connectivity index (χ4v) is 2.48. The molecule has 0 aromatic carbocycles. The lowest BCUT2D eigenvalue weighted by Crippen LogP contribution is -2.45. The Hall–Kier alpha value is -0.960. The van der Waals surface area contributed by atoms with Crippen LogP contribution in [0.5, 0.6) is 0 Å². The monoisotopic (exact) mass is 206 g/mol. The van der Waals surface area contributed by atoms with Crippen LogP contribution in [-0.2, 0) is 5.60 Å². The first-order chi connectivity index (χ1) is 7.06. The summed E-state index contributed by atoms with van der Waals surface area (Å²) in [7, 11) is 0. The van der Waals surface area contributed by atoms with Crippen molar-refractivity contribution in [2.75, 3.05) is 0 Å². The van der Waals surface area contributed by atoms with Gasteiger partial charge in [-0.2, -0.15) is 0 Å². The summed E-state index contributed by atoms with van der Waals surface area (Å²) < 4.78 is 0. The first kappa shape index (κ1) is 10.6. The van der Waals surface area contributed by atoms with Crippen LogP contribution >= 0.6 is 0 Å². The molecule has 15 heavy (non-hydrogen) atoms. The molecule has 1 aliphatic rings. The molecule has 0 saturated heterocycles. The molecule has 1 fully saturated rings. The molecule has 1 heterocycles. The van der Waals surface area contributed by atoms with E-state index in [1.807, 2.05) is 0 Å². The summed E-state index contributed by atoms with van der Waals surface area (Å²) in [4.78, 5) is 8.31. The van der Waals surface area contributed by atoms with Gasteiger partial charge >= 0.3 is 0 Å². The van der Waals surface area contributed by atoms with Gasteiger partial charge in [-0.05, 0) is 18.3 Å². The Balaban J connectivity index is 2.40. The number of aromatic nitrogens is 2. The van der Waals surface area contributed by atoms with E-state index in [9.17, 15) is 5.11 Å². The van der Waals surface area contributed by atoms with E-state index in [0.29, 0.717) is 0 Å². The van der Waals surface area contributed by atoms with Gasteiger partial charge in [-0.3, -0.25) is 9.97 Å². The summed E-state index contributed by atoms with van der Waals surface area (Å²) in [6.45, 7) is 4.22. The summed E-state index contributed by atoms with van der Waals surface area (Å²) in [6.07, 6.45) is 9.07. The Bertz CT molecular complexity index is 337. The summed E-state index contributed by atoms with van der Waals surface area (Å²) in [5.74, 6) is 0. The average molecular weight is 206 g/mol. The smallest absolute Gasteiger partial charge is 0.113 e. The van der Waals surface area contributed by atoms with Crippen LogP contribution in [0.15, 0.2) is 18.6 Å². The van der Waals surface area contributed by atoms with Crippen LogP contribution in [-0.4, -0.2) is 15.1 Å². The highest BCUT2D eigenvalue weighted by Gasteiger charge is 2.47. The molecule has 1 atom stereocenters. The number of nitrogens with zero attached hydrogens (tertiary/aromatic N) is 2. The SMILES string of the molecule is CC1(C)CCCCC1(O)c1cnccn1. The molecule has 82 valence electrons. The number of hydrogen-bond donors (Lipinski definition) is 1. The maximum absolute atomic E-state index is 10.8. The largest absolute Gasteiger partial charge is 0.383 e. The molecular formula is C12H18N2O. The minimum atomic E-state index is -0.806. The van der Waals surface area contributed by atoms with Crippen LogP contribution < -0.4 is 0 Å². The third-order valence-corrected chi connectivity index (χ3v) is 3.70. The summed E-state index contributed by atoms with van der Waals surface area (Å²) in [5.41, 5.74) is -0.199. The Labute approximate surface area is 90.6 Å². The first-order valence-corrected chi connectivity index (χ1v) is 5.55. The molecule has 2 rings (SSSR count). The van der Waals surface area contributed by atoms with Crippen molar-refractivity contribution < 1.29 is 5.11 Å². The van der Waals surface area contributed by atoms with E-state index in [1.54, 1.807) is 18.6 Å². The maximum atomic E-state index is 10.8. The fraction of sp³-hybridized carbons (Fsp3) is 0.667. The van der Waals surface area contributed by atoms with Crippen molar-refractivity contribution in [3.8, 4) is 0 Å². The van der Waals surface area contributed by atoms with E-state index >= 15 is 0 Å². The predicted molar refractivity (Wildman–Crippen MR) is 58.2 cm³/mol. The van der Waals surface area contributed by atoms with E-state index in [1.165, 1.54) is 6.42 Å². The van der Waals surface area contributed by atoms with E-state index in [2.05, 4.69) is 23.8 Å². The van der Waals surface area contributed by atoms with Crippen LogP contribution in [0.4, 0.5) is 0 Å². The van der Waals surface area contributed by atoms with Gasteiger partial charge in [-0.15, -0.1) is 0 Å². The van der Waals surface area contributed by atoms with Crippen LogP contribution in [0, 0.1) is 5.41 Å². The molecule has 0 spiro atoms. The van der Waals surface area contributed by atoms with Gasteiger partial charge < -0.3 is 5.11 Å². The second kappa shape index (κ2) is 3.56. The first-order valence-electron chi connectivity index (χ1n) is 5.55. The van der Waals surface area contributed by atoms with Crippen molar-refractivity contribution in [3.63, 3.8) is 0 Å². The van der Waals surface area contributed by atoms with Crippen molar-refractivity contribution in [1.82, 2.24) is 9.97 Å². The lowest BCUT2D eigenvalue weighted by atomic mass is 9.64. The van der Waals surface area contributed by atoms with E-state index in [-0.39, 0.29) is 5.41 Å².